The van der Waals surface area contributed by atoms with Crippen molar-refractivity contribution in [3.05, 3.63) is 57.2 Å². The van der Waals surface area contributed by atoms with E-state index >= 15 is 0 Å². The largest absolute Gasteiger partial charge is 0.457 e. The number of thiocarbonyl (C=S) groups is 2. The molecule has 1 saturated heterocycles. The fourth-order valence-electron chi connectivity index (χ4n) is 1.91. The molecule has 1 aromatic heterocycles. The lowest BCUT2D eigenvalue weighted by molar-refractivity contribution is -0.384. The molecule has 0 atom stereocenters. The molecule has 110 valence electrons. The van der Waals surface area contributed by atoms with Crippen LogP contribution in [0.4, 0.5) is 5.69 Å². The van der Waals surface area contributed by atoms with E-state index in [0.29, 0.717) is 26.4 Å². The molecule has 1 aromatic carbocycles. The summed E-state index contributed by atoms with van der Waals surface area (Å²) in [5.74, 6) is 1.16. The van der Waals surface area contributed by atoms with Crippen LogP contribution in [0.5, 0.6) is 0 Å². The van der Waals surface area contributed by atoms with E-state index < -0.39 is 4.92 Å². The molecular weight excluding hydrogens is 340 g/mol. The van der Waals surface area contributed by atoms with Crippen molar-refractivity contribution in [1.29, 1.82) is 0 Å². The quantitative estimate of drug-likeness (QED) is 0.387. The summed E-state index contributed by atoms with van der Waals surface area (Å²) in [6.07, 6.45) is 1.79. The van der Waals surface area contributed by atoms with Gasteiger partial charge >= 0.3 is 0 Å². The topological polar surface area (TPSA) is 68.3 Å². The number of rotatable bonds is 3. The summed E-state index contributed by atoms with van der Waals surface area (Å²) in [6.45, 7) is 0. The second-order valence-corrected chi connectivity index (χ2v) is 6.49. The predicted octanol–water partition coefficient (Wildman–Crippen LogP) is 4.14. The van der Waals surface area contributed by atoms with Gasteiger partial charge in [0.1, 0.15) is 20.8 Å². The van der Waals surface area contributed by atoms with Gasteiger partial charge in [0.15, 0.2) is 0 Å². The number of nitro groups is 1. The van der Waals surface area contributed by atoms with Crippen molar-refractivity contribution in [3.8, 4) is 11.3 Å². The molecule has 1 aliphatic rings. The Labute approximate surface area is 140 Å². The van der Waals surface area contributed by atoms with Crippen molar-refractivity contribution < 1.29 is 9.34 Å². The van der Waals surface area contributed by atoms with Gasteiger partial charge in [-0.25, -0.2) is 0 Å². The van der Waals surface area contributed by atoms with Crippen molar-refractivity contribution in [2.24, 2.45) is 0 Å². The number of thioether (sulfide) groups is 1. The lowest BCUT2D eigenvalue weighted by Gasteiger charge is -1.97. The van der Waals surface area contributed by atoms with Crippen molar-refractivity contribution in [2.75, 3.05) is 0 Å². The summed E-state index contributed by atoms with van der Waals surface area (Å²) in [7, 11) is 0. The van der Waals surface area contributed by atoms with E-state index in [1.54, 1.807) is 30.3 Å². The maximum Gasteiger partial charge on any atom is 0.270 e. The van der Waals surface area contributed by atoms with Gasteiger partial charge in [-0.15, -0.1) is 0 Å². The van der Waals surface area contributed by atoms with Crippen LogP contribution >= 0.6 is 36.2 Å². The standard InChI is InChI=1S/C14H8N2O3S3/c17-16(18)9-3-1-2-8(6-9)11-5-4-10(19-11)7-12-13(20)15-14(21)22-12/h1-7H,(H,15,20,21)/b12-7-. The Balaban J connectivity index is 1.90. The van der Waals surface area contributed by atoms with Gasteiger partial charge in [-0.2, -0.15) is 0 Å². The van der Waals surface area contributed by atoms with Crippen LogP contribution in [-0.2, 0) is 0 Å². The van der Waals surface area contributed by atoms with Gasteiger partial charge in [-0.3, -0.25) is 10.1 Å². The molecule has 1 N–H and O–H groups in total. The third kappa shape index (κ3) is 3.08. The molecule has 0 radical (unpaired) electrons. The van der Waals surface area contributed by atoms with E-state index in [4.69, 9.17) is 28.9 Å². The average Bonchev–Trinajstić information content (AvgIpc) is 3.06. The molecule has 0 unspecified atom stereocenters. The van der Waals surface area contributed by atoms with Crippen molar-refractivity contribution >= 4 is 57.3 Å². The molecule has 2 aromatic rings. The number of nitro benzene ring substituents is 1. The Kier molecular flexibility index (Phi) is 4.06. The lowest BCUT2D eigenvalue weighted by Crippen LogP contribution is -2.15. The monoisotopic (exact) mass is 348 g/mol. The lowest BCUT2D eigenvalue weighted by atomic mass is 10.1. The number of nitrogens with zero attached hydrogens (tertiary/aromatic N) is 1. The maximum absolute atomic E-state index is 10.8. The van der Waals surface area contributed by atoms with Gasteiger partial charge in [0.25, 0.3) is 5.69 Å². The molecule has 0 spiro atoms. The molecule has 1 aliphatic heterocycles. The molecule has 5 nitrogen and oxygen atoms in total. The Morgan fingerprint density at radius 2 is 2.09 bits per heavy atom. The Morgan fingerprint density at radius 1 is 1.27 bits per heavy atom. The molecule has 1 fully saturated rings. The molecule has 3 rings (SSSR count). The highest BCUT2D eigenvalue weighted by Crippen LogP contribution is 2.30. The minimum Gasteiger partial charge on any atom is -0.457 e. The van der Waals surface area contributed by atoms with Crippen LogP contribution in [0.3, 0.4) is 0 Å². The highest BCUT2D eigenvalue weighted by molar-refractivity contribution is 8.27. The van der Waals surface area contributed by atoms with Crippen LogP contribution in [0, 0.1) is 10.1 Å². The molecule has 2 heterocycles. The van der Waals surface area contributed by atoms with E-state index in [0.717, 1.165) is 4.91 Å². The van der Waals surface area contributed by atoms with E-state index in [1.165, 1.54) is 23.9 Å². The highest BCUT2D eigenvalue weighted by Gasteiger charge is 2.19. The molecule has 0 saturated carbocycles. The highest BCUT2D eigenvalue weighted by atomic mass is 32.2. The second-order valence-electron chi connectivity index (χ2n) is 4.36. The fourth-order valence-corrected chi connectivity index (χ4v) is 3.37. The number of benzene rings is 1. The summed E-state index contributed by atoms with van der Waals surface area (Å²) in [4.78, 5) is 11.8. The zero-order valence-electron chi connectivity index (χ0n) is 10.9. The van der Waals surface area contributed by atoms with Gasteiger partial charge in [-0.1, -0.05) is 48.3 Å². The van der Waals surface area contributed by atoms with Crippen LogP contribution < -0.4 is 5.32 Å². The van der Waals surface area contributed by atoms with Crippen LogP contribution in [0.2, 0.25) is 0 Å². The Hall–Kier alpha value is -2.03. The van der Waals surface area contributed by atoms with E-state index in [1.807, 2.05) is 0 Å². The van der Waals surface area contributed by atoms with Crippen LogP contribution in [0.15, 0.2) is 45.7 Å². The fraction of sp³-hybridized carbons (Fsp3) is 0. The molecule has 0 amide bonds. The van der Waals surface area contributed by atoms with Crippen LogP contribution in [0.25, 0.3) is 17.4 Å². The van der Waals surface area contributed by atoms with Crippen molar-refractivity contribution in [3.63, 3.8) is 0 Å². The molecule has 0 aliphatic carbocycles. The maximum atomic E-state index is 10.8. The van der Waals surface area contributed by atoms with Crippen LogP contribution in [-0.4, -0.2) is 14.2 Å². The first-order valence-electron chi connectivity index (χ1n) is 6.12. The van der Waals surface area contributed by atoms with Crippen molar-refractivity contribution in [1.82, 2.24) is 5.32 Å². The van der Waals surface area contributed by atoms with Gasteiger partial charge in [0, 0.05) is 17.7 Å². The third-order valence-corrected chi connectivity index (χ3v) is 4.52. The normalized spacial score (nSPS) is 16.1. The summed E-state index contributed by atoms with van der Waals surface area (Å²) < 4.78 is 6.32. The zero-order valence-corrected chi connectivity index (χ0v) is 13.4. The van der Waals surface area contributed by atoms with Gasteiger partial charge in [0.2, 0.25) is 0 Å². The first-order chi connectivity index (χ1) is 10.5. The average molecular weight is 348 g/mol. The summed E-state index contributed by atoms with van der Waals surface area (Å²) in [6, 6.07) is 9.84. The number of non-ortho nitro benzene ring substituents is 1. The number of hydrogen-bond donors (Lipinski definition) is 1. The minimum absolute atomic E-state index is 0.0240. The summed E-state index contributed by atoms with van der Waals surface area (Å²) in [5, 5.41) is 13.7. The van der Waals surface area contributed by atoms with Crippen molar-refractivity contribution in [2.45, 2.75) is 0 Å². The molecule has 8 heteroatoms. The third-order valence-electron chi connectivity index (χ3n) is 2.88. The minimum atomic E-state index is -0.435. The Morgan fingerprint density at radius 3 is 2.77 bits per heavy atom. The van der Waals surface area contributed by atoms with E-state index in [2.05, 4.69) is 5.32 Å². The molecular formula is C14H8N2O3S3. The van der Waals surface area contributed by atoms with Gasteiger partial charge in [0.05, 0.1) is 9.83 Å². The number of nitrogens with one attached hydrogen (secondary N) is 1. The number of furan rings is 1. The van der Waals surface area contributed by atoms with E-state index in [-0.39, 0.29) is 5.69 Å². The van der Waals surface area contributed by atoms with Gasteiger partial charge in [-0.05, 0) is 18.2 Å². The summed E-state index contributed by atoms with van der Waals surface area (Å²) >= 11 is 11.6. The molecule has 0 bridgehead atoms. The van der Waals surface area contributed by atoms with Gasteiger partial charge < -0.3 is 9.73 Å². The second kappa shape index (κ2) is 5.99. The van der Waals surface area contributed by atoms with Crippen LogP contribution in [0.1, 0.15) is 5.76 Å². The predicted molar refractivity (Wildman–Crippen MR) is 94.7 cm³/mol. The van der Waals surface area contributed by atoms with E-state index in [9.17, 15) is 10.1 Å². The first kappa shape index (κ1) is 14.9. The molecule has 22 heavy (non-hydrogen) atoms. The zero-order chi connectivity index (χ0) is 15.7. The SMILES string of the molecule is O=[N+]([O-])c1cccc(-c2ccc(/C=C3\SC(=S)NC3=S)o2)c1. The Bertz CT molecular complexity index is 826. The smallest absolute Gasteiger partial charge is 0.270 e. The summed E-state index contributed by atoms with van der Waals surface area (Å²) in [5.41, 5.74) is 0.671. The first-order valence-corrected chi connectivity index (χ1v) is 7.76. The number of hydrogen-bond acceptors (Lipinski definition) is 6.